The average Bonchev–Trinajstić information content (AvgIpc) is 2.84. The van der Waals surface area contributed by atoms with Crippen molar-refractivity contribution in [2.75, 3.05) is 13.1 Å². The van der Waals surface area contributed by atoms with Gasteiger partial charge in [-0.2, -0.15) is 0 Å². The monoisotopic (exact) mass is 298 g/mol. The molecule has 2 heterocycles. The van der Waals surface area contributed by atoms with Crippen LogP contribution in [0, 0.1) is 13.8 Å². The molecular weight excluding hydrogens is 276 g/mol. The van der Waals surface area contributed by atoms with Crippen LogP contribution in [0.4, 0.5) is 0 Å². The average molecular weight is 298 g/mol. The molecule has 1 fully saturated rings. The quantitative estimate of drug-likeness (QED) is 0.947. The number of imidazole rings is 1. The Bertz CT molecular complexity index is 657. The number of nitrogens with zero attached hydrogens (tertiary/aromatic N) is 3. The zero-order valence-electron chi connectivity index (χ0n) is 13.2. The molecule has 3 rings (SSSR count). The number of piperidine rings is 1. The predicted octanol–water partition coefficient (Wildman–Crippen LogP) is 2.62. The number of aromatic nitrogens is 2. The summed E-state index contributed by atoms with van der Waals surface area (Å²) in [6, 6.07) is 10.0. The zero-order chi connectivity index (χ0) is 15.5. The molecule has 5 nitrogen and oxygen atoms in total. The summed E-state index contributed by atoms with van der Waals surface area (Å²) in [7, 11) is 0. The third kappa shape index (κ3) is 2.90. The van der Waals surface area contributed by atoms with E-state index in [1.807, 2.05) is 53.8 Å². The molecule has 1 aromatic heterocycles. The molecule has 1 aromatic carbocycles. The normalized spacial score (nSPS) is 15.7. The van der Waals surface area contributed by atoms with Gasteiger partial charge in [0.25, 0.3) is 5.91 Å². The summed E-state index contributed by atoms with van der Waals surface area (Å²) >= 11 is 0. The number of amides is 1. The van der Waals surface area contributed by atoms with E-state index >= 15 is 0 Å². The Labute approximate surface area is 130 Å². The number of carbonyl (C=O) groups excluding carboxylic acids is 1. The summed E-state index contributed by atoms with van der Waals surface area (Å²) in [6.45, 7) is 5.71. The van der Waals surface area contributed by atoms with Crippen LogP contribution in [0.5, 0.6) is 0 Å². The Morgan fingerprint density at radius 1 is 1.09 bits per heavy atom. The summed E-state index contributed by atoms with van der Waals surface area (Å²) in [4.78, 5) is 17.0. The Morgan fingerprint density at radius 3 is 2.45 bits per heavy atom. The lowest BCUT2D eigenvalue weighted by Crippen LogP contribution is -2.45. The van der Waals surface area contributed by atoms with E-state index in [2.05, 4.69) is 10.4 Å². The van der Waals surface area contributed by atoms with Gasteiger partial charge in [0.1, 0.15) is 5.82 Å². The summed E-state index contributed by atoms with van der Waals surface area (Å²) in [5, 5.41) is 2.00. The fraction of sp³-hybridized carbons (Fsp3) is 0.412. The van der Waals surface area contributed by atoms with Gasteiger partial charge in [-0.3, -0.25) is 10.2 Å². The second kappa shape index (κ2) is 6.32. The molecule has 0 spiro atoms. The Morgan fingerprint density at radius 2 is 1.77 bits per heavy atom. The number of rotatable bonds is 3. The number of carbonyl (C=O) groups is 1. The maximum Gasteiger partial charge on any atom is 0.286 e. The first kappa shape index (κ1) is 14.8. The molecule has 116 valence electrons. The molecule has 5 heteroatoms. The van der Waals surface area contributed by atoms with Gasteiger partial charge in [-0.1, -0.05) is 24.6 Å². The third-order valence-electron chi connectivity index (χ3n) is 4.12. The smallest absolute Gasteiger partial charge is 0.286 e. The highest BCUT2D eigenvalue weighted by molar-refractivity contribution is 5.93. The molecule has 1 aliphatic rings. The van der Waals surface area contributed by atoms with Crippen LogP contribution in [-0.2, 0) is 0 Å². The number of hydrogen-bond donors (Lipinski definition) is 1. The number of hydrazine groups is 1. The Kier molecular flexibility index (Phi) is 4.24. The highest BCUT2D eigenvalue weighted by atomic mass is 16.2. The molecule has 1 aliphatic heterocycles. The van der Waals surface area contributed by atoms with Crippen molar-refractivity contribution in [3.63, 3.8) is 0 Å². The minimum absolute atomic E-state index is 0.114. The molecule has 1 amide bonds. The van der Waals surface area contributed by atoms with Crippen LogP contribution in [0.2, 0.25) is 0 Å². The van der Waals surface area contributed by atoms with Crippen molar-refractivity contribution in [2.45, 2.75) is 33.1 Å². The van der Waals surface area contributed by atoms with Crippen LogP contribution < -0.4 is 5.43 Å². The minimum atomic E-state index is -0.114. The van der Waals surface area contributed by atoms with Gasteiger partial charge in [-0.25, -0.2) is 9.99 Å². The first-order valence-corrected chi connectivity index (χ1v) is 7.84. The predicted molar refractivity (Wildman–Crippen MR) is 85.9 cm³/mol. The molecule has 1 N–H and O–H groups in total. The molecular formula is C17H22N4O. The fourth-order valence-electron chi connectivity index (χ4n) is 3.02. The lowest BCUT2D eigenvalue weighted by atomic mass is 10.2. The van der Waals surface area contributed by atoms with Gasteiger partial charge in [-0.05, 0) is 38.8 Å². The van der Waals surface area contributed by atoms with E-state index in [1.54, 1.807) is 0 Å². The number of aryl methyl sites for hydroxylation is 1. The van der Waals surface area contributed by atoms with E-state index in [4.69, 9.17) is 0 Å². The second-order valence-electron chi connectivity index (χ2n) is 5.75. The van der Waals surface area contributed by atoms with Crippen LogP contribution >= 0.6 is 0 Å². The molecule has 22 heavy (non-hydrogen) atoms. The van der Waals surface area contributed by atoms with Crippen LogP contribution in [0.25, 0.3) is 5.69 Å². The zero-order valence-corrected chi connectivity index (χ0v) is 13.2. The highest BCUT2D eigenvalue weighted by Gasteiger charge is 2.21. The standard InChI is InChI=1S/C17H22N4O/c1-13-16(17(22)19-20-11-7-4-8-12-20)18-14(2)21(13)15-9-5-3-6-10-15/h3,5-6,9-10H,4,7-8,11-12H2,1-2H3,(H,19,22). The molecule has 0 saturated carbocycles. The largest absolute Gasteiger partial charge is 0.300 e. The van der Waals surface area contributed by atoms with Crippen molar-refractivity contribution in [1.29, 1.82) is 0 Å². The van der Waals surface area contributed by atoms with E-state index < -0.39 is 0 Å². The van der Waals surface area contributed by atoms with Crippen LogP contribution in [0.15, 0.2) is 30.3 Å². The summed E-state index contributed by atoms with van der Waals surface area (Å²) in [5.41, 5.74) is 5.40. The van der Waals surface area contributed by atoms with Crippen molar-refractivity contribution >= 4 is 5.91 Å². The summed E-state index contributed by atoms with van der Waals surface area (Å²) in [5.74, 6) is 0.713. The molecule has 0 aliphatic carbocycles. The van der Waals surface area contributed by atoms with Gasteiger partial charge in [0.2, 0.25) is 0 Å². The summed E-state index contributed by atoms with van der Waals surface area (Å²) < 4.78 is 2.02. The van der Waals surface area contributed by atoms with Crippen molar-refractivity contribution < 1.29 is 4.79 Å². The molecule has 2 aromatic rings. The van der Waals surface area contributed by atoms with E-state index in [1.165, 1.54) is 6.42 Å². The molecule has 0 bridgehead atoms. The maximum atomic E-state index is 12.5. The van der Waals surface area contributed by atoms with Crippen LogP contribution in [0.1, 0.15) is 41.3 Å². The number of hydrogen-bond acceptors (Lipinski definition) is 3. The number of para-hydroxylation sites is 1. The lowest BCUT2D eigenvalue weighted by Gasteiger charge is -2.26. The van der Waals surface area contributed by atoms with Crippen molar-refractivity contribution in [2.24, 2.45) is 0 Å². The van der Waals surface area contributed by atoms with E-state index in [0.717, 1.165) is 43.1 Å². The Hall–Kier alpha value is -2.14. The van der Waals surface area contributed by atoms with Crippen molar-refractivity contribution in [1.82, 2.24) is 20.0 Å². The maximum absolute atomic E-state index is 12.5. The van der Waals surface area contributed by atoms with Crippen LogP contribution in [0.3, 0.4) is 0 Å². The first-order valence-electron chi connectivity index (χ1n) is 7.84. The van der Waals surface area contributed by atoms with Gasteiger partial charge >= 0.3 is 0 Å². The lowest BCUT2D eigenvalue weighted by molar-refractivity contribution is 0.0744. The SMILES string of the molecule is Cc1nc(C(=O)NN2CCCCC2)c(C)n1-c1ccccc1. The Balaban J connectivity index is 1.84. The fourth-order valence-corrected chi connectivity index (χ4v) is 3.02. The highest BCUT2D eigenvalue weighted by Crippen LogP contribution is 2.18. The van der Waals surface area contributed by atoms with Crippen molar-refractivity contribution in [3.8, 4) is 5.69 Å². The summed E-state index contributed by atoms with van der Waals surface area (Å²) in [6.07, 6.45) is 3.51. The van der Waals surface area contributed by atoms with Gasteiger partial charge in [0, 0.05) is 18.8 Å². The third-order valence-corrected chi connectivity index (χ3v) is 4.12. The van der Waals surface area contributed by atoms with E-state index in [9.17, 15) is 4.79 Å². The minimum Gasteiger partial charge on any atom is -0.300 e. The van der Waals surface area contributed by atoms with Gasteiger partial charge in [-0.15, -0.1) is 0 Å². The van der Waals surface area contributed by atoms with E-state index in [-0.39, 0.29) is 5.91 Å². The van der Waals surface area contributed by atoms with Gasteiger partial charge in [0.15, 0.2) is 5.69 Å². The topological polar surface area (TPSA) is 50.2 Å². The van der Waals surface area contributed by atoms with E-state index in [0.29, 0.717) is 5.69 Å². The van der Waals surface area contributed by atoms with Gasteiger partial charge in [0.05, 0.1) is 5.69 Å². The second-order valence-corrected chi connectivity index (χ2v) is 5.75. The molecule has 1 saturated heterocycles. The van der Waals surface area contributed by atoms with Crippen molar-refractivity contribution in [3.05, 3.63) is 47.5 Å². The molecule has 0 unspecified atom stereocenters. The number of benzene rings is 1. The van der Waals surface area contributed by atoms with Gasteiger partial charge < -0.3 is 4.57 Å². The molecule has 0 radical (unpaired) electrons. The number of nitrogens with one attached hydrogen (secondary N) is 1. The molecule has 0 atom stereocenters. The first-order chi connectivity index (χ1) is 10.7. The van der Waals surface area contributed by atoms with Crippen LogP contribution in [-0.4, -0.2) is 33.6 Å².